The summed E-state index contributed by atoms with van der Waals surface area (Å²) < 4.78 is 0. The van der Waals surface area contributed by atoms with Crippen LogP contribution in [0.15, 0.2) is 42.5 Å². The van der Waals surface area contributed by atoms with Crippen molar-refractivity contribution in [2.24, 2.45) is 0 Å². The van der Waals surface area contributed by atoms with Gasteiger partial charge in [-0.15, -0.1) is 5.10 Å². The first-order chi connectivity index (χ1) is 10.6. The number of hydrogen-bond donors (Lipinski definition) is 2. The Morgan fingerprint density at radius 2 is 2.00 bits per heavy atom. The average Bonchev–Trinajstić information content (AvgIpc) is 3.00. The van der Waals surface area contributed by atoms with Crippen molar-refractivity contribution in [1.82, 2.24) is 20.7 Å². The number of carbonyl (C=O) groups excluding carboxylic acids is 1. The maximum absolute atomic E-state index is 12.1. The third kappa shape index (κ3) is 2.75. The zero-order valence-corrected chi connectivity index (χ0v) is 11.3. The summed E-state index contributed by atoms with van der Waals surface area (Å²) in [5.41, 5.74) is 2.64. The van der Waals surface area contributed by atoms with E-state index in [4.69, 9.17) is 0 Å². The number of nitrogens with one attached hydrogen (secondary N) is 2. The van der Waals surface area contributed by atoms with E-state index in [0.717, 1.165) is 11.1 Å². The molecule has 8 heteroatoms. The summed E-state index contributed by atoms with van der Waals surface area (Å²) in [6, 6.07) is 11.1. The fourth-order valence-corrected chi connectivity index (χ4v) is 2.00. The van der Waals surface area contributed by atoms with E-state index in [2.05, 4.69) is 20.7 Å². The van der Waals surface area contributed by atoms with Gasteiger partial charge in [0.05, 0.1) is 10.4 Å². The molecule has 2 aromatic carbocycles. The standard InChI is InChI=1S/C14H11N5O3/c20-14(10-3-6-12-13(7-10)17-18-16-12)15-8-9-1-4-11(5-2-9)19(21)22/h1-7H,8H2,(H,15,20)(H,16,17,18). The maximum atomic E-state index is 12.1. The minimum absolute atomic E-state index is 0.0200. The molecular weight excluding hydrogens is 286 g/mol. The van der Waals surface area contributed by atoms with Gasteiger partial charge in [-0.05, 0) is 23.8 Å². The quantitative estimate of drug-likeness (QED) is 0.563. The highest BCUT2D eigenvalue weighted by Gasteiger charge is 2.08. The minimum atomic E-state index is -0.463. The molecule has 0 aliphatic carbocycles. The number of hydrogen-bond acceptors (Lipinski definition) is 5. The number of nitrogens with zero attached hydrogens (tertiary/aromatic N) is 3. The fraction of sp³-hybridized carbons (Fsp3) is 0.0714. The summed E-state index contributed by atoms with van der Waals surface area (Å²) in [6.45, 7) is 0.285. The van der Waals surface area contributed by atoms with Gasteiger partial charge >= 0.3 is 0 Å². The molecule has 110 valence electrons. The van der Waals surface area contributed by atoms with E-state index in [1.165, 1.54) is 12.1 Å². The Kier molecular flexibility index (Phi) is 3.48. The van der Waals surface area contributed by atoms with Crippen LogP contribution < -0.4 is 5.32 Å². The number of rotatable bonds is 4. The topological polar surface area (TPSA) is 114 Å². The molecule has 0 radical (unpaired) electrons. The third-order valence-electron chi connectivity index (χ3n) is 3.19. The van der Waals surface area contributed by atoms with Crippen LogP contribution >= 0.6 is 0 Å². The molecule has 0 unspecified atom stereocenters. The van der Waals surface area contributed by atoms with Gasteiger partial charge in [-0.25, -0.2) is 0 Å². The Hall–Kier alpha value is -3.29. The highest BCUT2D eigenvalue weighted by atomic mass is 16.6. The van der Waals surface area contributed by atoms with Crippen LogP contribution in [-0.4, -0.2) is 26.2 Å². The van der Waals surface area contributed by atoms with Gasteiger partial charge in [0.25, 0.3) is 11.6 Å². The van der Waals surface area contributed by atoms with E-state index in [0.29, 0.717) is 11.1 Å². The van der Waals surface area contributed by atoms with Crippen molar-refractivity contribution in [3.05, 3.63) is 63.7 Å². The second-order valence-electron chi connectivity index (χ2n) is 4.65. The number of carbonyl (C=O) groups is 1. The van der Waals surface area contributed by atoms with Crippen molar-refractivity contribution < 1.29 is 9.72 Å². The van der Waals surface area contributed by atoms with E-state index in [1.807, 2.05) is 0 Å². The first kappa shape index (κ1) is 13.7. The molecule has 0 saturated heterocycles. The molecule has 0 aliphatic rings. The number of aromatic amines is 1. The SMILES string of the molecule is O=C(NCc1ccc([N+](=O)[O-])cc1)c1ccc2[nH]nnc2c1. The van der Waals surface area contributed by atoms with Gasteiger partial charge in [-0.2, -0.15) is 0 Å². The minimum Gasteiger partial charge on any atom is -0.348 e. The van der Waals surface area contributed by atoms with Crippen LogP contribution in [-0.2, 0) is 6.54 Å². The molecule has 0 bridgehead atoms. The molecule has 1 aromatic heterocycles. The second-order valence-corrected chi connectivity index (χ2v) is 4.65. The smallest absolute Gasteiger partial charge is 0.269 e. The lowest BCUT2D eigenvalue weighted by Crippen LogP contribution is -2.22. The molecule has 1 amide bonds. The Balaban J connectivity index is 1.67. The van der Waals surface area contributed by atoms with Crippen LogP contribution in [0.25, 0.3) is 11.0 Å². The molecule has 0 spiro atoms. The molecule has 3 aromatic rings. The summed E-state index contributed by atoms with van der Waals surface area (Å²) in [5.74, 6) is -0.247. The number of nitro groups is 1. The van der Waals surface area contributed by atoms with Crippen LogP contribution in [0.1, 0.15) is 15.9 Å². The molecule has 8 nitrogen and oxygen atoms in total. The summed E-state index contributed by atoms with van der Waals surface area (Å²) in [7, 11) is 0. The van der Waals surface area contributed by atoms with Crippen LogP contribution in [0.5, 0.6) is 0 Å². The fourth-order valence-electron chi connectivity index (χ4n) is 2.00. The monoisotopic (exact) mass is 297 g/mol. The second kappa shape index (κ2) is 5.60. The Bertz CT molecular complexity index is 841. The summed E-state index contributed by atoms with van der Waals surface area (Å²) in [5, 5.41) is 23.5. The van der Waals surface area contributed by atoms with Gasteiger partial charge in [0, 0.05) is 24.2 Å². The number of fused-ring (bicyclic) bond motifs is 1. The van der Waals surface area contributed by atoms with E-state index < -0.39 is 4.92 Å². The Morgan fingerprint density at radius 3 is 2.73 bits per heavy atom. The first-order valence-electron chi connectivity index (χ1n) is 6.46. The predicted molar refractivity (Wildman–Crippen MR) is 78.2 cm³/mol. The van der Waals surface area contributed by atoms with Gasteiger partial charge in [-0.3, -0.25) is 20.0 Å². The number of nitro benzene ring substituents is 1. The lowest BCUT2D eigenvalue weighted by atomic mass is 10.1. The van der Waals surface area contributed by atoms with Crippen LogP contribution in [0.3, 0.4) is 0 Å². The van der Waals surface area contributed by atoms with Crippen molar-refractivity contribution in [1.29, 1.82) is 0 Å². The number of H-pyrrole nitrogens is 1. The number of non-ortho nitro benzene ring substituents is 1. The molecule has 0 saturated carbocycles. The van der Waals surface area contributed by atoms with Crippen molar-refractivity contribution in [3.8, 4) is 0 Å². The van der Waals surface area contributed by atoms with Gasteiger partial charge in [0.2, 0.25) is 0 Å². The zero-order chi connectivity index (χ0) is 15.5. The molecule has 2 N–H and O–H groups in total. The van der Waals surface area contributed by atoms with Gasteiger partial charge in [0.15, 0.2) is 0 Å². The molecule has 0 fully saturated rings. The highest BCUT2D eigenvalue weighted by molar-refractivity contribution is 5.97. The lowest BCUT2D eigenvalue weighted by molar-refractivity contribution is -0.384. The van der Waals surface area contributed by atoms with Gasteiger partial charge in [-0.1, -0.05) is 17.3 Å². The third-order valence-corrected chi connectivity index (χ3v) is 3.19. The van der Waals surface area contributed by atoms with E-state index in [9.17, 15) is 14.9 Å². The number of benzene rings is 2. The Labute approximate surface area is 124 Å². The molecular formula is C14H11N5O3. The van der Waals surface area contributed by atoms with E-state index in [1.54, 1.807) is 30.3 Å². The molecule has 1 heterocycles. The summed E-state index contributed by atoms with van der Waals surface area (Å²) >= 11 is 0. The number of amides is 1. The van der Waals surface area contributed by atoms with Crippen molar-refractivity contribution >= 4 is 22.6 Å². The Morgan fingerprint density at radius 1 is 1.23 bits per heavy atom. The molecule has 3 rings (SSSR count). The molecule has 22 heavy (non-hydrogen) atoms. The summed E-state index contributed by atoms with van der Waals surface area (Å²) in [4.78, 5) is 22.2. The van der Waals surface area contributed by atoms with Gasteiger partial charge in [0.1, 0.15) is 5.52 Å². The van der Waals surface area contributed by atoms with Crippen LogP contribution in [0.4, 0.5) is 5.69 Å². The first-order valence-corrected chi connectivity index (χ1v) is 6.46. The average molecular weight is 297 g/mol. The van der Waals surface area contributed by atoms with Crippen molar-refractivity contribution in [2.75, 3.05) is 0 Å². The normalized spacial score (nSPS) is 10.5. The number of aromatic nitrogens is 3. The zero-order valence-electron chi connectivity index (χ0n) is 11.3. The van der Waals surface area contributed by atoms with Gasteiger partial charge < -0.3 is 5.32 Å². The maximum Gasteiger partial charge on any atom is 0.269 e. The van der Waals surface area contributed by atoms with E-state index >= 15 is 0 Å². The largest absolute Gasteiger partial charge is 0.348 e. The lowest BCUT2D eigenvalue weighted by Gasteiger charge is -2.05. The predicted octanol–water partition coefficient (Wildman–Crippen LogP) is 1.80. The van der Waals surface area contributed by atoms with Crippen LogP contribution in [0, 0.1) is 10.1 Å². The molecule has 0 aliphatic heterocycles. The highest BCUT2D eigenvalue weighted by Crippen LogP contribution is 2.13. The van der Waals surface area contributed by atoms with E-state index in [-0.39, 0.29) is 18.1 Å². The van der Waals surface area contributed by atoms with Crippen molar-refractivity contribution in [3.63, 3.8) is 0 Å². The summed E-state index contributed by atoms with van der Waals surface area (Å²) in [6.07, 6.45) is 0. The molecule has 0 atom stereocenters. The van der Waals surface area contributed by atoms with Crippen LogP contribution in [0.2, 0.25) is 0 Å². The van der Waals surface area contributed by atoms with Crippen molar-refractivity contribution in [2.45, 2.75) is 6.54 Å².